The number of thiophene rings is 1. The van der Waals surface area contributed by atoms with Crippen molar-refractivity contribution in [3.63, 3.8) is 0 Å². The highest BCUT2D eigenvalue weighted by atomic mass is 32.2. The lowest BCUT2D eigenvalue weighted by molar-refractivity contribution is -0.124. The number of carbonyl (C=O) groups is 1. The first-order valence-electron chi connectivity index (χ1n) is 9.02. The third-order valence-corrected chi connectivity index (χ3v) is 8.76. The number of amides is 1. The normalized spacial score (nSPS) is 21.9. The molecule has 1 aliphatic heterocycles. The van der Waals surface area contributed by atoms with E-state index in [-0.39, 0.29) is 21.3 Å². The first-order chi connectivity index (χ1) is 12.9. The van der Waals surface area contributed by atoms with E-state index in [1.807, 2.05) is 0 Å². The summed E-state index contributed by atoms with van der Waals surface area (Å²) in [6, 6.07) is 8.99. The number of nitrogens with one attached hydrogen (secondary N) is 1. The standard InChI is InChI=1S/C19H21FN2O3S2/c20-15-7-5-14(6-8-15)19(9-10-19)13-21-18(23)16-3-1-11-22(16)27(24,25)17-4-2-12-26-17/h2,4-8,12,16H,1,3,9-11,13H2,(H,21,23). The Morgan fingerprint density at radius 1 is 1.26 bits per heavy atom. The summed E-state index contributed by atoms with van der Waals surface area (Å²) in [6.07, 6.45) is 3.06. The Hall–Kier alpha value is -1.77. The second-order valence-corrected chi connectivity index (χ2v) is 10.3. The van der Waals surface area contributed by atoms with E-state index < -0.39 is 16.1 Å². The summed E-state index contributed by atoms with van der Waals surface area (Å²) < 4.78 is 40.3. The molecule has 2 heterocycles. The second kappa shape index (κ2) is 7.00. The fourth-order valence-electron chi connectivity index (χ4n) is 3.71. The van der Waals surface area contributed by atoms with Gasteiger partial charge in [0.2, 0.25) is 5.91 Å². The van der Waals surface area contributed by atoms with Gasteiger partial charge in [-0.2, -0.15) is 4.31 Å². The number of halogens is 1. The van der Waals surface area contributed by atoms with Gasteiger partial charge in [0.1, 0.15) is 16.1 Å². The van der Waals surface area contributed by atoms with Crippen molar-refractivity contribution in [1.82, 2.24) is 9.62 Å². The molecule has 1 saturated carbocycles. The van der Waals surface area contributed by atoms with E-state index in [4.69, 9.17) is 0 Å². The van der Waals surface area contributed by atoms with E-state index in [1.54, 1.807) is 29.6 Å². The van der Waals surface area contributed by atoms with Crippen molar-refractivity contribution in [2.24, 2.45) is 0 Å². The zero-order chi connectivity index (χ0) is 19.1. The molecule has 1 amide bonds. The molecule has 144 valence electrons. The third-order valence-electron chi connectivity index (χ3n) is 5.48. The van der Waals surface area contributed by atoms with Gasteiger partial charge in [0, 0.05) is 18.5 Å². The fraction of sp³-hybridized carbons (Fsp3) is 0.421. The third kappa shape index (κ3) is 3.53. The van der Waals surface area contributed by atoms with Crippen molar-refractivity contribution >= 4 is 27.3 Å². The van der Waals surface area contributed by atoms with Crippen molar-refractivity contribution in [3.05, 3.63) is 53.2 Å². The Labute approximate surface area is 162 Å². The minimum absolute atomic E-state index is 0.153. The van der Waals surface area contributed by atoms with Gasteiger partial charge in [-0.05, 0) is 54.8 Å². The van der Waals surface area contributed by atoms with Crippen molar-refractivity contribution < 1.29 is 17.6 Å². The van der Waals surface area contributed by atoms with Crippen LogP contribution >= 0.6 is 11.3 Å². The fourth-order valence-corrected chi connectivity index (χ4v) is 6.49. The molecule has 5 nitrogen and oxygen atoms in total. The summed E-state index contributed by atoms with van der Waals surface area (Å²) in [5.74, 6) is -0.528. The van der Waals surface area contributed by atoms with Crippen molar-refractivity contribution in [1.29, 1.82) is 0 Å². The Balaban J connectivity index is 1.44. The zero-order valence-electron chi connectivity index (χ0n) is 14.7. The maximum atomic E-state index is 13.2. The summed E-state index contributed by atoms with van der Waals surface area (Å²) in [5, 5.41) is 4.67. The molecule has 1 atom stereocenters. The summed E-state index contributed by atoms with van der Waals surface area (Å²) in [5.41, 5.74) is 0.859. The minimum atomic E-state index is -3.64. The molecular formula is C19H21FN2O3S2. The topological polar surface area (TPSA) is 66.5 Å². The van der Waals surface area contributed by atoms with Gasteiger partial charge in [-0.15, -0.1) is 11.3 Å². The summed E-state index contributed by atoms with van der Waals surface area (Å²) in [6.45, 7) is 0.808. The Kier molecular flexibility index (Phi) is 4.82. The summed E-state index contributed by atoms with van der Waals surface area (Å²) >= 11 is 1.16. The van der Waals surface area contributed by atoms with Crippen LogP contribution in [0.25, 0.3) is 0 Å². The van der Waals surface area contributed by atoms with Gasteiger partial charge in [0.25, 0.3) is 10.0 Å². The van der Waals surface area contributed by atoms with Crippen LogP contribution in [0.3, 0.4) is 0 Å². The molecule has 0 bridgehead atoms. The van der Waals surface area contributed by atoms with Crippen LogP contribution in [0.5, 0.6) is 0 Å². The molecule has 0 radical (unpaired) electrons. The van der Waals surface area contributed by atoms with E-state index in [0.29, 0.717) is 25.9 Å². The molecule has 1 N–H and O–H groups in total. The predicted octanol–water partition coefficient (Wildman–Crippen LogP) is 2.89. The smallest absolute Gasteiger partial charge is 0.253 e. The molecule has 1 unspecified atom stereocenters. The molecule has 2 fully saturated rings. The van der Waals surface area contributed by atoms with Crippen molar-refractivity contribution in [2.75, 3.05) is 13.1 Å². The first kappa shape index (κ1) is 18.6. The Bertz CT molecular complexity index is 922. The molecule has 1 aromatic heterocycles. The predicted molar refractivity (Wildman–Crippen MR) is 102 cm³/mol. The van der Waals surface area contributed by atoms with Gasteiger partial charge >= 0.3 is 0 Å². The molecule has 2 aliphatic rings. The molecule has 1 aromatic carbocycles. The molecule has 27 heavy (non-hydrogen) atoms. The Morgan fingerprint density at radius 3 is 2.63 bits per heavy atom. The number of hydrogen-bond donors (Lipinski definition) is 1. The zero-order valence-corrected chi connectivity index (χ0v) is 16.4. The van der Waals surface area contributed by atoms with Gasteiger partial charge in [-0.3, -0.25) is 4.79 Å². The van der Waals surface area contributed by atoms with E-state index in [2.05, 4.69) is 5.32 Å². The quantitative estimate of drug-likeness (QED) is 0.799. The van der Waals surface area contributed by atoms with Crippen LogP contribution in [0, 0.1) is 5.82 Å². The highest BCUT2D eigenvalue weighted by Crippen LogP contribution is 2.47. The second-order valence-electron chi connectivity index (χ2n) is 7.21. The maximum Gasteiger partial charge on any atom is 0.253 e. The van der Waals surface area contributed by atoms with E-state index in [0.717, 1.165) is 29.7 Å². The van der Waals surface area contributed by atoms with Crippen LogP contribution < -0.4 is 5.32 Å². The number of sulfonamides is 1. The van der Waals surface area contributed by atoms with Crippen LogP contribution in [0.4, 0.5) is 4.39 Å². The van der Waals surface area contributed by atoms with E-state index in [1.165, 1.54) is 16.4 Å². The van der Waals surface area contributed by atoms with Gasteiger partial charge in [0.05, 0.1) is 0 Å². The van der Waals surface area contributed by atoms with Gasteiger partial charge in [0.15, 0.2) is 0 Å². The van der Waals surface area contributed by atoms with Crippen LogP contribution in [0.15, 0.2) is 46.0 Å². The largest absolute Gasteiger partial charge is 0.354 e. The number of rotatable bonds is 6. The maximum absolute atomic E-state index is 13.2. The SMILES string of the molecule is O=C(NCC1(c2ccc(F)cc2)CC1)C1CCCN1S(=O)(=O)c1cccs1. The minimum Gasteiger partial charge on any atom is -0.354 e. The molecule has 1 aliphatic carbocycles. The Morgan fingerprint density at radius 2 is 2.00 bits per heavy atom. The number of carbonyl (C=O) groups excluding carboxylic acids is 1. The van der Waals surface area contributed by atoms with Crippen molar-refractivity contribution in [2.45, 2.75) is 41.3 Å². The monoisotopic (exact) mass is 408 g/mol. The van der Waals surface area contributed by atoms with E-state index >= 15 is 0 Å². The lowest BCUT2D eigenvalue weighted by Gasteiger charge is -2.24. The number of hydrogen-bond acceptors (Lipinski definition) is 4. The summed E-state index contributed by atoms with van der Waals surface area (Å²) in [4.78, 5) is 12.8. The van der Waals surface area contributed by atoms with Crippen LogP contribution in [-0.4, -0.2) is 37.8 Å². The van der Waals surface area contributed by atoms with Gasteiger partial charge in [-0.1, -0.05) is 18.2 Å². The van der Waals surface area contributed by atoms with Crippen LogP contribution in [0.2, 0.25) is 0 Å². The van der Waals surface area contributed by atoms with E-state index in [9.17, 15) is 17.6 Å². The van der Waals surface area contributed by atoms with Crippen molar-refractivity contribution in [3.8, 4) is 0 Å². The van der Waals surface area contributed by atoms with Crippen LogP contribution in [-0.2, 0) is 20.2 Å². The molecule has 0 spiro atoms. The lowest BCUT2D eigenvalue weighted by Crippen LogP contribution is -2.47. The lowest BCUT2D eigenvalue weighted by atomic mass is 9.96. The molecule has 1 saturated heterocycles. The number of nitrogens with zero attached hydrogens (tertiary/aromatic N) is 1. The highest BCUT2D eigenvalue weighted by Gasteiger charge is 2.46. The molecule has 8 heteroatoms. The molecular weight excluding hydrogens is 387 g/mol. The summed E-state index contributed by atoms with van der Waals surface area (Å²) in [7, 11) is -3.64. The average Bonchev–Trinajstić information content (AvgIpc) is 3.07. The van der Waals surface area contributed by atoms with Gasteiger partial charge in [-0.25, -0.2) is 12.8 Å². The molecule has 2 aromatic rings. The molecule has 4 rings (SSSR count). The van der Waals surface area contributed by atoms with Gasteiger partial charge < -0.3 is 5.32 Å². The first-order valence-corrected chi connectivity index (χ1v) is 11.3. The van der Waals surface area contributed by atoms with Crippen LogP contribution in [0.1, 0.15) is 31.2 Å². The highest BCUT2D eigenvalue weighted by molar-refractivity contribution is 7.91. The number of benzene rings is 1. The average molecular weight is 409 g/mol.